The highest BCUT2D eigenvalue weighted by molar-refractivity contribution is 7.09. The minimum Gasteiger partial charge on any atom is -0.330 e. The first-order chi connectivity index (χ1) is 6.28. The summed E-state index contributed by atoms with van der Waals surface area (Å²) in [5.74, 6) is 0. The maximum absolute atomic E-state index is 5.66. The van der Waals surface area contributed by atoms with E-state index < -0.39 is 0 Å². The van der Waals surface area contributed by atoms with Crippen molar-refractivity contribution >= 4 is 11.3 Å². The fourth-order valence-electron chi connectivity index (χ4n) is 2.28. The van der Waals surface area contributed by atoms with Crippen molar-refractivity contribution in [1.29, 1.82) is 0 Å². The van der Waals surface area contributed by atoms with E-state index >= 15 is 0 Å². The third kappa shape index (κ3) is 1.40. The number of nitrogens with two attached hydrogens (primary N) is 1. The smallest absolute Gasteiger partial charge is 0.0797 e. The van der Waals surface area contributed by atoms with Crippen LogP contribution in [0.2, 0.25) is 0 Å². The Morgan fingerprint density at radius 2 is 2.38 bits per heavy atom. The molecule has 0 aromatic carbocycles. The molecule has 0 saturated heterocycles. The summed E-state index contributed by atoms with van der Waals surface area (Å²) >= 11 is 1.81. The maximum Gasteiger partial charge on any atom is 0.0797 e. The molecule has 2 N–H and O–H groups in total. The summed E-state index contributed by atoms with van der Waals surface area (Å²) in [5.41, 5.74) is 9.26. The van der Waals surface area contributed by atoms with Gasteiger partial charge in [-0.05, 0) is 32.7 Å². The van der Waals surface area contributed by atoms with Crippen molar-refractivity contribution in [3.63, 3.8) is 0 Å². The predicted molar refractivity (Wildman–Crippen MR) is 56.1 cm³/mol. The van der Waals surface area contributed by atoms with E-state index in [1.165, 1.54) is 29.8 Å². The van der Waals surface area contributed by atoms with Crippen LogP contribution in [0.1, 0.15) is 36.3 Å². The number of aryl methyl sites for hydroxylation is 1. The van der Waals surface area contributed by atoms with E-state index in [4.69, 9.17) is 5.73 Å². The summed E-state index contributed by atoms with van der Waals surface area (Å²) in [4.78, 5) is 5.81. The van der Waals surface area contributed by atoms with Crippen LogP contribution in [-0.2, 0) is 5.41 Å². The van der Waals surface area contributed by atoms with Crippen molar-refractivity contribution in [3.8, 4) is 0 Å². The molecule has 1 aliphatic carbocycles. The van der Waals surface area contributed by atoms with Gasteiger partial charge in [-0.15, -0.1) is 11.3 Å². The van der Waals surface area contributed by atoms with E-state index in [1.807, 2.05) is 5.51 Å². The summed E-state index contributed by atoms with van der Waals surface area (Å²) in [6.45, 7) is 2.92. The highest BCUT2D eigenvalue weighted by atomic mass is 32.1. The first kappa shape index (κ1) is 9.16. The van der Waals surface area contributed by atoms with Crippen LogP contribution in [0.5, 0.6) is 0 Å². The number of nitrogens with zero attached hydrogens (tertiary/aromatic N) is 1. The lowest BCUT2D eigenvalue weighted by atomic mass is 9.65. The van der Waals surface area contributed by atoms with Crippen molar-refractivity contribution in [2.24, 2.45) is 5.73 Å². The van der Waals surface area contributed by atoms with Crippen LogP contribution in [0.4, 0.5) is 0 Å². The molecule has 2 nitrogen and oxygen atoms in total. The van der Waals surface area contributed by atoms with Crippen molar-refractivity contribution in [2.45, 2.75) is 38.0 Å². The van der Waals surface area contributed by atoms with E-state index in [9.17, 15) is 0 Å². The Hall–Kier alpha value is -0.410. The Bertz CT molecular complexity index is 289. The molecule has 72 valence electrons. The Morgan fingerprint density at radius 1 is 1.62 bits per heavy atom. The van der Waals surface area contributed by atoms with Gasteiger partial charge in [0.2, 0.25) is 0 Å². The highest BCUT2D eigenvalue weighted by Crippen LogP contribution is 2.48. The molecule has 1 aromatic heterocycles. The second-order valence-corrected chi connectivity index (χ2v) is 4.79. The van der Waals surface area contributed by atoms with E-state index in [2.05, 4.69) is 11.9 Å². The van der Waals surface area contributed by atoms with Gasteiger partial charge in [-0.1, -0.05) is 6.42 Å². The lowest BCUT2D eigenvalue weighted by molar-refractivity contribution is 0.233. The lowest BCUT2D eigenvalue weighted by Gasteiger charge is -2.41. The van der Waals surface area contributed by atoms with Gasteiger partial charge in [0, 0.05) is 10.3 Å². The molecule has 2 rings (SSSR count). The van der Waals surface area contributed by atoms with E-state index in [0.29, 0.717) is 5.41 Å². The van der Waals surface area contributed by atoms with Crippen LogP contribution in [0, 0.1) is 6.92 Å². The molecule has 0 amide bonds. The van der Waals surface area contributed by atoms with Crippen LogP contribution in [0.3, 0.4) is 0 Å². The van der Waals surface area contributed by atoms with Gasteiger partial charge in [0.15, 0.2) is 0 Å². The molecule has 1 saturated carbocycles. The Kier molecular flexibility index (Phi) is 2.39. The predicted octanol–water partition coefficient (Wildman–Crippen LogP) is 2.22. The Balaban J connectivity index is 2.26. The molecule has 0 spiro atoms. The van der Waals surface area contributed by atoms with Crippen molar-refractivity contribution in [3.05, 3.63) is 16.1 Å². The molecule has 1 heterocycles. The van der Waals surface area contributed by atoms with Crippen LogP contribution in [0.25, 0.3) is 0 Å². The molecule has 0 bridgehead atoms. The van der Waals surface area contributed by atoms with Gasteiger partial charge in [0.1, 0.15) is 0 Å². The normalized spacial score (nSPS) is 19.8. The van der Waals surface area contributed by atoms with Gasteiger partial charge in [-0.2, -0.15) is 0 Å². The first-order valence-electron chi connectivity index (χ1n) is 4.89. The molecule has 0 aliphatic heterocycles. The largest absolute Gasteiger partial charge is 0.330 e. The van der Waals surface area contributed by atoms with Crippen molar-refractivity contribution < 1.29 is 0 Å². The molecule has 0 unspecified atom stereocenters. The first-order valence-corrected chi connectivity index (χ1v) is 5.77. The van der Waals surface area contributed by atoms with Crippen molar-refractivity contribution in [1.82, 2.24) is 4.98 Å². The number of hydrogen-bond acceptors (Lipinski definition) is 3. The number of thiazole rings is 1. The number of aromatic nitrogens is 1. The molecule has 13 heavy (non-hydrogen) atoms. The zero-order valence-electron chi connectivity index (χ0n) is 8.05. The molecular formula is C10H16N2S. The Labute approximate surface area is 83.2 Å². The molecular weight excluding hydrogens is 180 g/mol. The maximum atomic E-state index is 5.66. The highest BCUT2D eigenvalue weighted by Gasteiger charge is 2.40. The SMILES string of the molecule is Cc1ncsc1C1(CCN)CCC1. The summed E-state index contributed by atoms with van der Waals surface area (Å²) in [6.07, 6.45) is 5.12. The molecule has 1 fully saturated rings. The quantitative estimate of drug-likeness (QED) is 0.805. The summed E-state index contributed by atoms with van der Waals surface area (Å²) < 4.78 is 0. The average Bonchev–Trinajstić information content (AvgIpc) is 2.44. The zero-order valence-corrected chi connectivity index (χ0v) is 8.86. The van der Waals surface area contributed by atoms with E-state index in [0.717, 1.165) is 13.0 Å². The standard InChI is InChI=1S/C10H16N2S/c1-8-9(13-7-12-8)10(5-6-11)3-2-4-10/h7H,2-6,11H2,1H3. The van der Waals surface area contributed by atoms with Gasteiger partial charge in [0.25, 0.3) is 0 Å². The third-order valence-electron chi connectivity index (χ3n) is 3.16. The minimum atomic E-state index is 0.417. The van der Waals surface area contributed by atoms with Crippen LogP contribution < -0.4 is 5.73 Å². The van der Waals surface area contributed by atoms with Gasteiger partial charge >= 0.3 is 0 Å². The number of hydrogen-bond donors (Lipinski definition) is 1. The second-order valence-electron chi connectivity index (χ2n) is 3.94. The fraction of sp³-hybridized carbons (Fsp3) is 0.700. The fourth-order valence-corrected chi connectivity index (χ4v) is 3.38. The van der Waals surface area contributed by atoms with Gasteiger partial charge < -0.3 is 5.73 Å². The summed E-state index contributed by atoms with van der Waals surface area (Å²) in [6, 6.07) is 0. The van der Waals surface area contributed by atoms with E-state index in [-0.39, 0.29) is 0 Å². The van der Waals surface area contributed by atoms with Crippen LogP contribution in [0.15, 0.2) is 5.51 Å². The third-order valence-corrected chi connectivity index (χ3v) is 4.34. The van der Waals surface area contributed by atoms with Gasteiger partial charge in [0.05, 0.1) is 11.2 Å². The zero-order chi connectivity index (χ0) is 9.31. The van der Waals surface area contributed by atoms with Crippen molar-refractivity contribution in [2.75, 3.05) is 6.54 Å². The molecule has 1 aromatic rings. The Morgan fingerprint density at radius 3 is 2.77 bits per heavy atom. The summed E-state index contributed by atoms with van der Waals surface area (Å²) in [7, 11) is 0. The van der Waals surface area contributed by atoms with Gasteiger partial charge in [-0.25, -0.2) is 4.98 Å². The minimum absolute atomic E-state index is 0.417. The molecule has 0 atom stereocenters. The topological polar surface area (TPSA) is 38.9 Å². The second kappa shape index (κ2) is 3.39. The van der Waals surface area contributed by atoms with Crippen LogP contribution >= 0.6 is 11.3 Å². The molecule has 1 aliphatic rings. The van der Waals surface area contributed by atoms with Gasteiger partial charge in [-0.3, -0.25) is 0 Å². The molecule has 0 radical (unpaired) electrons. The lowest BCUT2D eigenvalue weighted by Crippen LogP contribution is -2.36. The average molecular weight is 196 g/mol. The van der Waals surface area contributed by atoms with Crippen LogP contribution in [-0.4, -0.2) is 11.5 Å². The monoisotopic (exact) mass is 196 g/mol. The number of rotatable bonds is 3. The van der Waals surface area contributed by atoms with E-state index in [1.54, 1.807) is 11.3 Å². The molecule has 3 heteroatoms. The summed E-state index contributed by atoms with van der Waals surface area (Å²) in [5, 5.41) is 0.